The van der Waals surface area contributed by atoms with Crippen molar-refractivity contribution >= 4 is 0 Å². The van der Waals surface area contributed by atoms with Gasteiger partial charge in [0.05, 0.1) is 62.8 Å². The molecule has 0 aromatic heterocycles. The summed E-state index contributed by atoms with van der Waals surface area (Å²) >= 11 is 0. The largest absolute Gasteiger partial charge is 0.388 e. The van der Waals surface area contributed by atoms with E-state index in [4.69, 9.17) is 29.4 Å². The Balaban J connectivity index is 1.42. The third kappa shape index (κ3) is 9.48. The third-order valence-corrected chi connectivity index (χ3v) is 8.48. The summed E-state index contributed by atoms with van der Waals surface area (Å²) < 4.78 is 31.5. The van der Waals surface area contributed by atoms with Crippen LogP contribution in [0.5, 0.6) is 0 Å². The molecule has 256 valence electrons. The second-order valence-electron chi connectivity index (χ2n) is 11.7. The summed E-state index contributed by atoms with van der Waals surface area (Å²) in [5.41, 5.74) is 37.3. The number of nitrogens with two attached hydrogens (primary N) is 1. The van der Waals surface area contributed by atoms with Gasteiger partial charge in [0.25, 0.3) is 0 Å². The quantitative estimate of drug-likeness (QED) is 0.117. The van der Waals surface area contributed by atoms with E-state index in [1.165, 1.54) is 0 Å². The number of azide groups is 3. The lowest BCUT2D eigenvalue weighted by Crippen LogP contribution is -2.66. The Morgan fingerprint density at radius 3 is 1.63 bits per heavy atom. The molecule has 5 rings (SSSR count). The molecule has 0 amide bonds. The molecule has 1 heterocycles. The van der Waals surface area contributed by atoms with E-state index in [9.17, 15) is 21.7 Å². The number of hydrogen-bond donors (Lipinski definition) is 2. The molecule has 0 unspecified atom stereocenters. The summed E-state index contributed by atoms with van der Waals surface area (Å²) in [4.78, 5) is 8.80. The molecule has 10 atom stereocenters. The van der Waals surface area contributed by atoms with Crippen LogP contribution < -0.4 is 5.73 Å². The predicted octanol–water partition coefficient (Wildman–Crippen LogP) is 5.61. The zero-order chi connectivity index (χ0) is 34.4. The summed E-state index contributed by atoms with van der Waals surface area (Å²) in [5.74, 6) is 0. The molecule has 3 aromatic rings. The zero-order valence-corrected chi connectivity index (χ0v) is 26.6. The molecule has 3 aromatic carbocycles. The van der Waals surface area contributed by atoms with E-state index in [1.807, 2.05) is 91.0 Å². The fraction of sp³-hybridized carbons (Fsp3) is 0.455. The molecule has 1 aliphatic heterocycles. The average molecular weight is 671 g/mol. The Hall–Kier alpha value is -4.69. The molecule has 1 saturated carbocycles. The summed E-state index contributed by atoms with van der Waals surface area (Å²) in [6.45, 7) is 0.361. The van der Waals surface area contributed by atoms with Crippen LogP contribution in [0.2, 0.25) is 0 Å². The van der Waals surface area contributed by atoms with Crippen LogP contribution in [0.15, 0.2) is 106 Å². The van der Waals surface area contributed by atoms with Crippen LogP contribution in [0.25, 0.3) is 31.3 Å². The lowest BCUT2D eigenvalue weighted by molar-refractivity contribution is -0.301. The van der Waals surface area contributed by atoms with Gasteiger partial charge in [-0.2, -0.15) is 0 Å². The number of nitrogens with zero attached hydrogens (tertiary/aromatic N) is 9. The molecule has 0 spiro atoms. The first kappa shape index (κ1) is 35.6. The maximum atomic E-state index is 11.7. The maximum absolute atomic E-state index is 11.7. The number of rotatable bonds is 15. The van der Waals surface area contributed by atoms with E-state index in [1.54, 1.807) is 0 Å². The standard InChI is InChI=1S/C33H38N10O6/c34-27-32(47-20-23-14-8-3-9-15-23)31(46-19-22-12-6-2-7-13-22)26(17-38-41-35)48-33(27)49-30-25(40-43-37)16-24(39-42-36)29(28(30)44)45-18-21-10-4-1-5-11-21/h1-15,24-33,44H,16-20,34H2/t24-,25+,26-,27-,28-,29+,30-,31-,32-,33-/m1/s1. The van der Waals surface area contributed by atoms with Crippen molar-refractivity contribution in [1.29, 1.82) is 0 Å². The third-order valence-electron chi connectivity index (χ3n) is 8.48. The highest BCUT2D eigenvalue weighted by molar-refractivity contribution is 5.16. The molecule has 1 saturated heterocycles. The van der Waals surface area contributed by atoms with E-state index in [2.05, 4.69) is 30.1 Å². The van der Waals surface area contributed by atoms with E-state index in [-0.39, 0.29) is 32.8 Å². The molecule has 16 heteroatoms. The number of ether oxygens (including phenoxy) is 5. The monoisotopic (exact) mass is 670 g/mol. The van der Waals surface area contributed by atoms with Gasteiger partial charge < -0.3 is 34.5 Å². The van der Waals surface area contributed by atoms with Crippen molar-refractivity contribution in [2.45, 2.75) is 87.3 Å². The highest BCUT2D eigenvalue weighted by Gasteiger charge is 2.51. The minimum absolute atomic E-state index is 0.0240. The van der Waals surface area contributed by atoms with E-state index in [0.717, 1.165) is 16.7 Å². The topological polar surface area (TPSA) is 239 Å². The molecule has 0 bridgehead atoms. The average Bonchev–Trinajstić information content (AvgIpc) is 3.13. The van der Waals surface area contributed by atoms with Crippen LogP contribution in [-0.4, -0.2) is 72.7 Å². The highest BCUT2D eigenvalue weighted by atomic mass is 16.7. The van der Waals surface area contributed by atoms with Crippen molar-refractivity contribution in [3.05, 3.63) is 139 Å². The lowest BCUT2D eigenvalue weighted by atomic mass is 9.84. The first-order valence-corrected chi connectivity index (χ1v) is 15.8. The van der Waals surface area contributed by atoms with Crippen molar-refractivity contribution in [2.75, 3.05) is 6.54 Å². The smallest absolute Gasteiger partial charge is 0.176 e. The minimum Gasteiger partial charge on any atom is -0.388 e. The van der Waals surface area contributed by atoms with Gasteiger partial charge in [-0.15, -0.1) is 0 Å². The van der Waals surface area contributed by atoms with Gasteiger partial charge in [-0.05, 0) is 39.7 Å². The number of aliphatic hydroxyl groups excluding tert-OH is 1. The van der Waals surface area contributed by atoms with Gasteiger partial charge in [0.15, 0.2) is 6.29 Å². The molecule has 49 heavy (non-hydrogen) atoms. The van der Waals surface area contributed by atoms with Gasteiger partial charge in [-0.25, -0.2) is 0 Å². The van der Waals surface area contributed by atoms with Crippen LogP contribution in [0.1, 0.15) is 23.1 Å². The number of aliphatic hydroxyl groups is 1. The Kier molecular flexibility index (Phi) is 13.2. The van der Waals surface area contributed by atoms with Gasteiger partial charge in [-0.3, -0.25) is 0 Å². The van der Waals surface area contributed by atoms with E-state index in [0.29, 0.717) is 0 Å². The predicted molar refractivity (Wildman–Crippen MR) is 177 cm³/mol. The van der Waals surface area contributed by atoms with E-state index >= 15 is 0 Å². The fourth-order valence-electron chi connectivity index (χ4n) is 6.07. The summed E-state index contributed by atoms with van der Waals surface area (Å²) in [7, 11) is 0. The van der Waals surface area contributed by atoms with Gasteiger partial charge in [0.1, 0.15) is 18.3 Å². The molecular formula is C33H38N10O6. The van der Waals surface area contributed by atoms with Crippen molar-refractivity contribution in [2.24, 2.45) is 21.1 Å². The first-order valence-electron chi connectivity index (χ1n) is 15.8. The second kappa shape index (κ2) is 18.2. The van der Waals surface area contributed by atoms with Gasteiger partial charge in [0, 0.05) is 14.7 Å². The molecule has 2 fully saturated rings. The number of benzene rings is 3. The maximum Gasteiger partial charge on any atom is 0.176 e. The molecular weight excluding hydrogens is 632 g/mol. The normalized spacial score (nSPS) is 29.5. The second-order valence-corrected chi connectivity index (χ2v) is 11.7. The van der Waals surface area contributed by atoms with Crippen molar-refractivity contribution in [1.82, 2.24) is 0 Å². The van der Waals surface area contributed by atoms with Crippen LogP contribution in [-0.2, 0) is 43.5 Å². The summed E-state index contributed by atoms with van der Waals surface area (Å²) in [6, 6.07) is 25.5. The molecule has 0 radical (unpaired) electrons. The highest BCUT2D eigenvalue weighted by Crippen LogP contribution is 2.34. The van der Waals surface area contributed by atoms with Crippen LogP contribution in [0.4, 0.5) is 0 Å². The Bertz CT molecular complexity index is 1610. The van der Waals surface area contributed by atoms with E-state index < -0.39 is 61.0 Å². The Morgan fingerprint density at radius 2 is 1.14 bits per heavy atom. The Labute approximate surface area is 282 Å². The molecule has 16 nitrogen and oxygen atoms in total. The van der Waals surface area contributed by atoms with Gasteiger partial charge >= 0.3 is 0 Å². The SMILES string of the molecule is [N-]=[N+]=NC[C@H]1O[C@H](O[C@H]2[C@H](O)[C@@H](OCc3ccccc3)[C@H](N=[N+]=[N-])C[C@@H]2N=[N+]=[N-])[C@H](N)[C@@H](OCc2ccccc2)[C@@H]1OCc1ccccc1. The fourth-order valence-corrected chi connectivity index (χ4v) is 6.07. The molecule has 2 aliphatic rings. The van der Waals surface area contributed by atoms with Crippen molar-refractivity contribution < 1.29 is 28.8 Å². The summed E-state index contributed by atoms with van der Waals surface area (Å²) in [6.07, 6.45) is -7.33. The van der Waals surface area contributed by atoms with Gasteiger partial charge in [-0.1, -0.05) is 106 Å². The lowest BCUT2D eigenvalue weighted by Gasteiger charge is -2.48. The van der Waals surface area contributed by atoms with Crippen LogP contribution in [0, 0.1) is 0 Å². The minimum atomic E-state index is -1.43. The first-order chi connectivity index (χ1) is 24.0. The molecule has 3 N–H and O–H groups in total. The zero-order valence-electron chi connectivity index (χ0n) is 26.6. The van der Waals surface area contributed by atoms with Crippen molar-refractivity contribution in [3.8, 4) is 0 Å². The Morgan fingerprint density at radius 1 is 0.673 bits per heavy atom. The summed E-state index contributed by atoms with van der Waals surface area (Å²) in [5, 5.41) is 23.1. The van der Waals surface area contributed by atoms with Crippen LogP contribution in [0.3, 0.4) is 0 Å². The number of hydrogen-bond acceptors (Lipinski definition) is 10. The van der Waals surface area contributed by atoms with Crippen molar-refractivity contribution in [3.63, 3.8) is 0 Å². The van der Waals surface area contributed by atoms with Crippen LogP contribution >= 0.6 is 0 Å². The molecule has 1 aliphatic carbocycles. The van der Waals surface area contributed by atoms with Gasteiger partial charge in [0.2, 0.25) is 0 Å².